The lowest BCUT2D eigenvalue weighted by Crippen LogP contribution is -2.49. The van der Waals surface area contributed by atoms with Crippen molar-refractivity contribution < 1.29 is 4.79 Å². The summed E-state index contributed by atoms with van der Waals surface area (Å²) in [7, 11) is 0. The van der Waals surface area contributed by atoms with Gasteiger partial charge in [-0.1, -0.05) is 0 Å². The third kappa shape index (κ3) is 2.15. The van der Waals surface area contributed by atoms with Crippen LogP contribution in [0.15, 0.2) is 6.07 Å². The predicted octanol–water partition coefficient (Wildman–Crippen LogP) is 1.02. The van der Waals surface area contributed by atoms with E-state index in [9.17, 15) is 4.79 Å². The van der Waals surface area contributed by atoms with E-state index in [1.54, 1.807) is 0 Å². The van der Waals surface area contributed by atoms with Crippen LogP contribution in [0.25, 0.3) is 0 Å². The molecule has 0 spiro atoms. The zero-order chi connectivity index (χ0) is 13.5. The largest absolute Gasteiger partial charge is 0.352 e. The van der Waals surface area contributed by atoms with E-state index >= 15 is 0 Å². The van der Waals surface area contributed by atoms with Crippen LogP contribution in [0.5, 0.6) is 0 Å². The lowest BCUT2D eigenvalue weighted by molar-refractivity contribution is -0.132. The van der Waals surface area contributed by atoms with Crippen molar-refractivity contribution in [3.05, 3.63) is 17.3 Å². The molecule has 0 N–H and O–H groups in total. The number of amides is 1. The maximum Gasteiger partial charge on any atom is 0.225 e. The number of carbonyl (C=O) groups is 1. The van der Waals surface area contributed by atoms with Crippen molar-refractivity contribution in [3.8, 4) is 0 Å². The molecule has 4 rings (SSSR count). The minimum absolute atomic E-state index is 0.335. The standard InChI is InChI=1S/C15H20N4O/c20-15(11-4-5-11)19-8-6-18(7-9-19)14-10-12-2-1-3-13(12)16-17-14/h10-11H,1-9H2. The third-order valence-corrected chi connectivity index (χ3v) is 4.65. The normalized spacial score (nSPS) is 22.0. The molecular weight excluding hydrogens is 252 g/mol. The van der Waals surface area contributed by atoms with E-state index in [0.29, 0.717) is 11.8 Å². The summed E-state index contributed by atoms with van der Waals surface area (Å²) in [5.74, 6) is 1.69. The molecule has 0 radical (unpaired) electrons. The van der Waals surface area contributed by atoms with Gasteiger partial charge >= 0.3 is 0 Å². The molecule has 2 fully saturated rings. The average molecular weight is 272 g/mol. The highest BCUT2D eigenvalue weighted by atomic mass is 16.2. The molecule has 1 amide bonds. The van der Waals surface area contributed by atoms with E-state index in [4.69, 9.17) is 0 Å². The second kappa shape index (κ2) is 4.72. The predicted molar refractivity (Wildman–Crippen MR) is 75.6 cm³/mol. The number of fused-ring (bicyclic) bond motifs is 1. The molecule has 2 aliphatic carbocycles. The maximum absolute atomic E-state index is 12.0. The zero-order valence-electron chi connectivity index (χ0n) is 11.7. The van der Waals surface area contributed by atoms with Gasteiger partial charge in [0.05, 0.1) is 5.69 Å². The van der Waals surface area contributed by atoms with Gasteiger partial charge in [0.2, 0.25) is 5.91 Å². The Hall–Kier alpha value is -1.65. The van der Waals surface area contributed by atoms with Crippen molar-refractivity contribution in [2.45, 2.75) is 32.1 Å². The SMILES string of the molecule is O=C(C1CC1)N1CCN(c2cc3c(nn2)CCC3)CC1. The van der Waals surface area contributed by atoms with E-state index in [1.165, 1.54) is 17.7 Å². The molecule has 1 saturated heterocycles. The van der Waals surface area contributed by atoms with E-state index in [1.807, 2.05) is 4.90 Å². The molecule has 0 atom stereocenters. The molecule has 106 valence electrons. The Morgan fingerprint density at radius 1 is 1.10 bits per heavy atom. The third-order valence-electron chi connectivity index (χ3n) is 4.65. The first-order chi connectivity index (χ1) is 9.81. The second-order valence-electron chi connectivity index (χ2n) is 6.11. The number of nitrogens with zero attached hydrogens (tertiary/aromatic N) is 4. The van der Waals surface area contributed by atoms with Gasteiger partial charge in [0, 0.05) is 32.1 Å². The topological polar surface area (TPSA) is 49.3 Å². The molecule has 1 aromatic heterocycles. The van der Waals surface area contributed by atoms with Gasteiger partial charge < -0.3 is 9.80 Å². The monoisotopic (exact) mass is 272 g/mol. The molecule has 5 nitrogen and oxygen atoms in total. The van der Waals surface area contributed by atoms with Crippen molar-refractivity contribution in [2.24, 2.45) is 5.92 Å². The summed E-state index contributed by atoms with van der Waals surface area (Å²) in [6.45, 7) is 3.42. The Kier molecular flexibility index (Phi) is 2.86. The van der Waals surface area contributed by atoms with Gasteiger partial charge in [-0.3, -0.25) is 4.79 Å². The number of aryl methyl sites for hydroxylation is 2. The number of carbonyl (C=O) groups excluding carboxylic acids is 1. The van der Waals surface area contributed by atoms with Crippen molar-refractivity contribution in [1.29, 1.82) is 0 Å². The van der Waals surface area contributed by atoms with Crippen LogP contribution in [0.1, 0.15) is 30.5 Å². The van der Waals surface area contributed by atoms with Gasteiger partial charge in [0.1, 0.15) is 0 Å². The molecule has 1 aliphatic heterocycles. The quantitative estimate of drug-likeness (QED) is 0.806. The van der Waals surface area contributed by atoms with Gasteiger partial charge in [-0.05, 0) is 43.7 Å². The first-order valence-corrected chi connectivity index (χ1v) is 7.70. The zero-order valence-corrected chi connectivity index (χ0v) is 11.7. The summed E-state index contributed by atoms with van der Waals surface area (Å²) < 4.78 is 0. The number of aromatic nitrogens is 2. The van der Waals surface area contributed by atoms with Crippen LogP contribution in [-0.2, 0) is 17.6 Å². The van der Waals surface area contributed by atoms with E-state index in [0.717, 1.165) is 57.7 Å². The fourth-order valence-electron chi connectivity index (χ4n) is 3.22. The molecule has 0 aromatic carbocycles. The van der Waals surface area contributed by atoms with Gasteiger partial charge in [0.25, 0.3) is 0 Å². The molecule has 0 unspecified atom stereocenters. The molecule has 0 bridgehead atoms. The summed E-state index contributed by atoms with van der Waals surface area (Å²) in [5, 5.41) is 8.72. The van der Waals surface area contributed by atoms with Crippen LogP contribution in [0, 0.1) is 5.92 Å². The van der Waals surface area contributed by atoms with Crippen molar-refractivity contribution >= 4 is 11.7 Å². The van der Waals surface area contributed by atoms with E-state index < -0.39 is 0 Å². The van der Waals surface area contributed by atoms with Crippen LogP contribution in [0.4, 0.5) is 5.82 Å². The molecule has 3 aliphatic rings. The van der Waals surface area contributed by atoms with Crippen molar-refractivity contribution in [1.82, 2.24) is 15.1 Å². The fraction of sp³-hybridized carbons (Fsp3) is 0.667. The molecule has 2 heterocycles. The number of hydrogen-bond donors (Lipinski definition) is 0. The first kappa shape index (κ1) is 12.1. The Morgan fingerprint density at radius 3 is 2.65 bits per heavy atom. The van der Waals surface area contributed by atoms with Crippen LogP contribution in [-0.4, -0.2) is 47.2 Å². The summed E-state index contributed by atoms with van der Waals surface area (Å²) in [4.78, 5) is 16.3. The minimum Gasteiger partial charge on any atom is -0.352 e. The van der Waals surface area contributed by atoms with Gasteiger partial charge in [-0.15, -0.1) is 5.10 Å². The Bertz CT molecular complexity index is 533. The van der Waals surface area contributed by atoms with Gasteiger partial charge in [-0.2, -0.15) is 5.10 Å². The number of anilines is 1. The second-order valence-corrected chi connectivity index (χ2v) is 6.11. The average Bonchev–Trinajstić information content (AvgIpc) is 3.24. The summed E-state index contributed by atoms with van der Waals surface area (Å²) in [5.41, 5.74) is 2.54. The maximum atomic E-state index is 12.0. The molecule has 1 aromatic rings. The van der Waals surface area contributed by atoms with Crippen LogP contribution in [0.2, 0.25) is 0 Å². The summed E-state index contributed by atoms with van der Waals surface area (Å²) in [6, 6.07) is 2.20. The number of hydrogen-bond acceptors (Lipinski definition) is 4. The first-order valence-electron chi connectivity index (χ1n) is 7.70. The van der Waals surface area contributed by atoms with Gasteiger partial charge in [0.15, 0.2) is 5.82 Å². The smallest absolute Gasteiger partial charge is 0.225 e. The minimum atomic E-state index is 0.335. The van der Waals surface area contributed by atoms with E-state index in [-0.39, 0.29) is 0 Å². The highest BCUT2D eigenvalue weighted by molar-refractivity contribution is 5.81. The molecule has 1 saturated carbocycles. The summed E-state index contributed by atoms with van der Waals surface area (Å²) in [6.07, 6.45) is 5.60. The van der Waals surface area contributed by atoms with Gasteiger partial charge in [-0.25, -0.2) is 0 Å². The lowest BCUT2D eigenvalue weighted by atomic mass is 10.2. The molecule has 20 heavy (non-hydrogen) atoms. The van der Waals surface area contributed by atoms with Crippen LogP contribution >= 0.6 is 0 Å². The number of rotatable bonds is 2. The Balaban J connectivity index is 1.42. The highest BCUT2D eigenvalue weighted by Gasteiger charge is 2.34. The van der Waals surface area contributed by atoms with Crippen LogP contribution in [0.3, 0.4) is 0 Å². The fourth-order valence-corrected chi connectivity index (χ4v) is 3.22. The lowest BCUT2D eigenvalue weighted by Gasteiger charge is -2.35. The van der Waals surface area contributed by atoms with Crippen LogP contribution < -0.4 is 4.90 Å². The number of piperazine rings is 1. The molecule has 5 heteroatoms. The highest BCUT2D eigenvalue weighted by Crippen LogP contribution is 2.31. The van der Waals surface area contributed by atoms with Crippen molar-refractivity contribution in [2.75, 3.05) is 31.1 Å². The molecular formula is C15H20N4O. The summed E-state index contributed by atoms with van der Waals surface area (Å²) >= 11 is 0. The van der Waals surface area contributed by atoms with E-state index in [2.05, 4.69) is 21.2 Å². The Morgan fingerprint density at radius 2 is 1.90 bits per heavy atom. The Labute approximate surface area is 119 Å². The van der Waals surface area contributed by atoms with Crippen molar-refractivity contribution in [3.63, 3.8) is 0 Å².